The number of esters is 1. The number of rotatable bonds is 5. The predicted molar refractivity (Wildman–Crippen MR) is 112 cm³/mol. The molecule has 0 bridgehead atoms. The van der Waals surface area contributed by atoms with Crippen molar-refractivity contribution in [1.29, 1.82) is 0 Å². The van der Waals surface area contributed by atoms with Crippen LogP contribution in [0, 0.1) is 0 Å². The van der Waals surface area contributed by atoms with E-state index < -0.39 is 23.2 Å². The minimum atomic E-state index is -4.76. The molecule has 0 amide bonds. The van der Waals surface area contributed by atoms with E-state index in [4.69, 9.17) is 4.74 Å². The predicted octanol–water partition coefficient (Wildman–Crippen LogP) is 4.13. The van der Waals surface area contributed by atoms with Gasteiger partial charge in [-0.05, 0) is 33.7 Å². The minimum absolute atomic E-state index is 0.0638. The van der Waals surface area contributed by atoms with Crippen LogP contribution in [0.4, 0.5) is 13.2 Å². The van der Waals surface area contributed by atoms with Crippen molar-refractivity contribution >= 4 is 32.7 Å². The van der Waals surface area contributed by atoms with Crippen LogP contribution < -0.4 is 0 Å². The molecule has 4 unspecified atom stereocenters. The Bertz CT molecular complexity index is 701. The fourth-order valence-electron chi connectivity index (χ4n) is 4.07. The van der Waals surface area contributed by atoms with E-state index >= 15 is 0 Å². The van der Waals surface area contributed by atoms with Gasteiger partial charge in [0, 0.05) is 19.6 Å². The maximum atomic E-state index is 14.1. The van der Waals surface area contributed by atoms with Gasteiger partial charge in [-0.25, -0.2) is 0 Å². The molecule has 0 aliphatic carbocycles. The summed E-state index contributed by atoms with van der Waals surface area (Å²) in [5.74, 6) is -1.22. The fraction of sp³-hybridized carbons (Fsp3) is 0.611. The average Bonchev–Trinajstić information content (AvgIpc) is 2.65. The van der Waals surface area contributed by atoms with Gasteiger partial charge in [-0.3, -0.25) is 14.1 Å². The third-order valence-electron chi connectivity index (χ3n) is 5.84. The number of ether oxygens (including phenoxy) is 1. The van der Waals surface area contributed by atoms with Crippen LogP contribution in [0.5, 0.6) is 0 Å². The second-order valence-corrected chi connectivity index (χ2v) is 10.0. The molecule has 0 spiro atoms. The second-order valence-electron chi connectivity index (χ2n) is 7.68. The third kappa shape index (κ3) is 3.98. The summed E-state index contributed by atoms with van der Waals surface area (Å²) in [6, 6.07) is 7.25. The Balaban J connectivity index is 1.93. The van der Waals surface area contributed by atoms with Crippen molar-refractivity contribution in [2.75, 3.05) is 19.6 Å². The molecule has 156 valence electrons. The molecule has 0 aromatic heterocycles. The van der Waals surface area contributed by atoms with E-state index in [1.165, 1.54) is 24.3 Å². The molecular weight excluding hydrogens is 426 g/mol. The number of piperidine rings is 1. The number of benzene rings is 1. The lowest BCUT2D eigenvalue weighted by molar-refractivity contribution is -0.226. The van der Waals surface area contributed by atoms with Crippen molar-refractivity contribution in [2.45, 2.75) is 49.4 Å². The Kier molecular flexibility index (Phi) is 6.74. The molecular formula is C18H26F3N2O2P3. The molecule has 28 heavy (non-hydrogen) atoms. The van der Waals surface area contributed by atoms with Crippen LogP contribution in [0.15, 0.2) is 30.3 Å². The SMILES string of the molecule is C[C@](C(=O)OC1(C2CCCCN2PP)CN(P)C1)(c1ccccc1)C(F)(F)F. The van der Waals surface area contributed by atoms with Crippen LogP contribution in [0.2, 0.25) is 0 Å². The zero-order valence-corrected chi connectivity index (χ0v) is 19.0. The standard InChI is InChI=1S/C18H26F3N2O2P3/c1-16(18(19,20)21,13-7-3-2-4-8-13)15(24)25-17(11-22(26)12-17)14-9-5-6-10-23(14)28-27/h2-4,7-8,14,28H,5-6,9-12,26-27H2,1H3/t14?,16-/m1/s1. The molecule has 3 rings (SSSR count). The third-order valence-corrected chi connectivity index (χ3v) is 8.07. The van der Waals surface area contributed by atoms with E-state index in [0.29, 0.717) is 21.5 Å². The lowest BCUT2D eigenvalue weighted by Gasteiger charge is -2.56. The fourth-order valence-corrected chi connectivity index (χ4v) is 6.45. The number of carbonyl (C=O) groups is 1. The molecule has 4 nitrogen and oxygen atoms in total. The molecule has 2 fully saturated rings. The van der Waals surface area contributed by atoms with Crippen molar-refractivity contribution in [3.05, 3.63) is 35.9 Å². The Labute approximate surface area is 170 Å². The Hall–Kier alpha value is -0.310. The summed E-state index contributed by atoms with van der Waals surface area (Å²) in [4.78, 5) is 13.1. The van der Waals surface area contributed by atoms with Gasteiger partial charge in [0.05, 0.1) is 6.04 Å². The topological polar surface area (TPSA) is 32.8 Å². The van der Waals surface area contributed by atoms with Crippen LogP contribution in [-0.4, -0.2) is 52.8 Å². The summed E-state index contributed by atoms with van der Waals surface area (Å²) in [5.41, 5.74) is -3.71. The first-order valence-electron chi connectivity index (χ1n) is 9.22. The summed E-state index contributed by atoms with van der Waals surface area (Å²) >= 11 is 0. The Morgan fingerprint density at radius 2 is 1.89 bits per heavy atom. The van der Waals surface area contributed by atoms with Crippen molar-refractivity contribution in [3.8, 4) is 0 Å². The van der Waals surface area contributed by atoms with Gasteiger partial charge >= 0.3 is 12.1 Å². The van der Waals surface area contributed by atoms with Gasteiger partial charge in [-0.2, -0.15) is 13.2 Å². The highest BCUT2D eigenvalue weighted by molar-refractivity contribution is 8.01. The van der Waals surface area contributed by atoms with Gasteiger partial charge < -0.3 is 4.74 Å². The van der Waals surface area contributed by atoms with Gasteiger partial charge in [-0.15, -0.1) is 0 Å². The van der Waals surface area contributed by atoms with Crippen LogP contribution in [-0.2, 0) is 14.9 Å². The highest BCUT2D eigenvalue weighted by Crippen LogP contribution is 2.47. The largest absolute Gasteiger partial charge is 0.454 e. The Morgan fingerprint density at radius 1 is 1.25 bits per heavy atom. The van der Waals surface area contributed by atoms with Crippen molar-refractivity contribution in [2.24, 2.45) is 0 Å². The van der Waals surface area contributed by atoms with E-state index in [-0.39, 0.29) is 11.6 Å². The zero-order chi connectivity index (χ0) is 20.6. The molecule has 2 saturated heterocycles. The first kappa shape index (κ1) is 22.4. The van der Waals surface area contributed by atoms with E-state index in [0.717, 1.165) is 32.7 Å². The molecule has 5 atom stereocenters. The van der Waals surface area contributed by atoms with Gasteiger partial charge in [0.15, 0.2) is 11.0 Å². The summed E-state index contributed by atoms with van der Waals surface area (Å²) < 4.78 is 52.1. The monoisotopic (exact) mass is 452 g/mol. The van der Waals surface area contributed by atoms with Gasteiger partial charge in [0.1, 0.15) is 0 Å². The molecule has 2 aliphatic heterocycles. The molecule has 1 aromatic rings. The lowest BCUT2D eigenvalue weighted by atomic mass is 9.79. The number of halogens is 3. The molecule has 0 radical (unpaired) electrons. The molecule has 0 saturated carbocycles. The van der Waals surface area contributed by atoms with E-state index in [9.17, 15) is 18.0 Å². The molecule has 10 heteroatoms. The van der Waals surface area contributed by atoms with Crippen molar-refractivity contribution in [3.63, 3.8) is 0 Å². The van der Waals surface area contributed by atoms with Crippen LogP contribution >= 0.6 is 26.7 Å². The van der Waals surface area contributed by atoms with E-state index in [1.807, 2.05) is 4.67 Å². The molecule has 0 N–H and O–H groups in total. The summed E-state index contributed by atoms with van der Waals surface area (Å²) in [6.07, 6.45) is -1.90. The van der Waals surface area contributed by atoms with Crippen LogP contribution in [0.3, 0.4) is 0 Å². The van der Waals surface area contributed by atoms with Crippen molar-refractivity contribution in [1.82, 2.24) is 9.34 Å². The van der Waals surface area contributed by atoms with Crippen LogP contribution in [0.25, 0.3) is 0 Å². The first-order valence-corrected chi connectivity index (χ1v) is 12.5. The molecule has 2 heterocycles. The van der Waals surface area contributed by atoms with E-state index in [2.05, 4.69) is 23.0 Å². The van der Waals surface area contributed by atoms with Gasteiger partial charge in [0.25, 0.3) is 0 Å². The maximum absolute atomic E-state index is 14.1. The lowest BCUT2D eigenvalue weighted by Crippen LogP contribution is -2.71. The number of nitrogens with zero attached hydrogens (tertiary/aromatic N) is 2. The quantitative estimate of drug-likeness (QED) is 0.497. The Morgan fingerprint density at radius 3 is 2.43 bits per heavy atom. The summed E-state index contributed by atoms with van der Waals surface area (Å²) in [7, 11) is 5.70. The minimum Gasteiger partial charge on any atom is -0.454 e. The smallest absolute Gasteiger partial charge is 0.408 e. The molecule has 1 aromatic carbocycles. The molecule has 2 aliphatic rings. The maximum Gasteiger partial charge on any atom is 0.408 e. The average molecular weight is 452 g/mol. The normalized spacial score (nSPS) is 26.0. The highest BCUT2D eigenvalue weighted by Gasteiger charge is 2.62. The number of alkyl halides is 3. The first-order chi connectivity index (χ1) is 13.1. The summed E-state index contributed by atoms with van der Waals surface area (Å²) in [5, 5.41) is 0. The van der Waals surface area contributed by atoms with Crippen LogP contribution in [0.1, 0.15) is 31.7 Å². The number of carbonyl (C=O) groups excluding carboxylic acids is 1. The highest BCUT2D eigenvalue weighted by atomic mass is 32.0. The summed E-state index contributed by atoms with van der Waals surface area (Å²) in [6.45, 7) is 2.63. The second kappa shape index (κ2) is 8.44. The van der Waals surface area contributed by atoms with Crippen molar-refractivity contribution < 1.29 is 22.7 Å². The van der Waals surface area contributed by atoms with Gasteiger partial charge in [-0.1, -0.05) is 55.1 Å². The van der Waals surface area contributed by atoms with E-state index in [1.54, 1.807) is 6.07 Å². The zero-order valence-electron chi connectivity index (χ0n) is 15.7. The number of hydrogen-bond donors (Lipinski definition) is 0. The van der Waals surface area contributed by atoms with Gasteiger partial charge in [0.2, 0.25) is 0 Å². The number of hydrogen-bond acceptors (Lipinski definition) is 4.